The number of benzene rings is 2. The van der Waals surface area contributed by atoms with Crippen LogP contribution in [0.2, 0.25) is 0 Å². The standard InChI is InChI=1S/C21H27FN2O2/c1-14-8-9-19(22)18(10-14)15-11-16(23(25)20(2,3)4)13-17(12-15)24(26)21(5,6)7/h8-13H,1-7H3. The van der Waals surface area contributed by atoms with Crippen LogP contribution >= 0.6 is 0 Å². The molecule has 140 valence electrons. The van der Waals surface area contributed by atoms with E-state index in [1.807, 2.05) is 6.92 Å². The SMILES string of the molecule is Cc1ccc(F)c(-c2cc(N([O-])C(C)(C)C)cc([N+](=O)C(C)(C)C)c2)c1. The molecular weight excluding hydrogens is 331 g/mol. The highest BCUT2D eigenvalue weighted by Gasteiger charge is 2.32. The number of hydrogen-bond acceptors (Lipinski definition) is 3. The smallest absolute Gasteiger partial charge is 0.259 e. The molecule has 4 nitrogen and oxygen atoms in total. The Hall–Kier alpha value is -2.27. The normalized spacial score (nSPS) is 12.2. The molecule has 2 aromatic carbocycles. The number of anilines is 1. The predicted molar refractivity (Wildman–Crippen MR) is 105 cm³/mol. The number of halogens is 1. The lowest BCUT2D eigenvalue weighted by Crippen LogP contribution is -2.36. The summed E-state index contributed by atoms with van der Waals surface area (Å²) in [6.45, 7) is 12.6. The molecule has 5 heteroatoms. The molecule has 0 amide bonds. The first-order chi connectivity index (χ1) is 11.8. The summed E-state index contributed by atoms with van der Waals surface area (Å²) < 4.78 is 15.3. The van der Waals surface area contributed by atoms with E-state index >= 15 is 0 Å². The number of rotatable bonds is 3. The second-order valence-electron chi connectivity index (χ2n) is 8.65. The minimum absolute atomic E-state index is 0.330. The molecule has 0 aliphatic heterocycles. The third-order valence-electron chi connectivity index (χ3n) is 4.02. The molecule has 0 aliphatic rings. The van der Waals surface area contributed by atoms with Gasteiger partial charge in [-0.3, -0.25) is 0 Å². The summed E-state index contributed by atoms with van der Waals surface area (Å²) in [4.78, 5) is 12.7. The van der Waals surface area contributed by atoms with Crippen LogP contribution < -0.4 is 5.06 Å². The van der Waals surface area contributed by atoms with E-state index in [0.29, 0.717) is 22.5 Å². The first-order valence-corrected chi connectivity index (χ1v) is 8.67. The van der Waals surface area contributed by atoms with Crippen molar-refractivity contribution in [2.45, 2.75) is 59.5 Å². The third kappa shape index (κ3) is 4.28. The van der Waals surface area contributed by atoms with Gasteiger partial charge in [-0.15, -0.1) is 0 Å². The van der Waals surface area contributed by atoms with Gasteiger partial charge in [0.2, 0.25) is 5.54 Å². The Morgan fingerprint density at radius 3 is 2.15 bits per heavy atom. The van der Waals surface area contributed by atoms with Gasteiger partial charge in [-0.1, -0.05) is 11.6 Å². The van der Waals surface area contributed by atoms with Gasteiger partial charge in [-0.25, -0.2) is 4.39 Å². The third-order valence-corrected chi connectivity index (χ3v) is 4.02. The maximum Gasteiger partial charge on any atom is 0.259 e. The molecule has 2 aromatic rings. The van der Waals surface area contributed by atoms with Crippen molar-refractivity contribution in [1.82, 2.24) is 0 Å². The van der Waals surface area contributed by atoms with E-state index in [1.54, 1.807) is 71.9 Å². The number of nitroso groups, excluding NO2 is 1. The van der Waals surface area contributed by atoms with E-state index in [2.05, 4.69) is 0 Å². The molecule has 0 N–H and O–H groups in total. The zero-order valence-corrected chi connectivity index (χ0v) is 16.6. The molecule has 0 heterocycles. The fourth-order valence-corrected chi connectivity index (χ4v) is 2.62. The van der Waals surface area contributed by atoms with Crippen molar-refractivity contribution in [3.05, 3.63) is 57.9 Å². The van der Waals surface area contributed by atoms with Crippen LogP contribution in [0, 0.1) is 22.9 Å². The van der Waals surface area contributed by atoms with E-state index in [4.69, 9.17) is 0 Å². The van der Waals surface area contributed by atoms with Gasteiger partial charge in [-0.05, 0) is 51.5 Å². The molecule has 0 aliphatic carbocycles. The van der Waals surface area contributed by atoms with Crippen molar-refractivity contribution in [2.24, 2.45) is 0 Å². The maximum atomic E-state index is 14.4. The second-order valence-corrected chi connectivity index (χ2v) is 8.65. The lowest BCUT2D eigenvalue weighted by molar-refractivity contribution is -0.540. The molecule has 0 saturated carbocycles. The molecule has 0 atom stereocenters. The van der Waals surface area contributed by atoms with E-state index < -0.39 is 11.1 Å². The summed E-state index contributed by atoms with van der Waals surface area (Å²) in [5.74, 6) is -0.389. The Morgan fingerprint density at radius 1 is 1.00 bits per heavy atom. The van der Waals surface area contributed by atoms with Gasteiger partial charge >= 0.3 is 0 Å². The van der Waals surface area contributed by atoms with Crippen LogP contribution in [0.25, 0.3) is 11.1 Å². The van der Waals surface area contributed by atoms with Crippen molar-refractivity contribution < 1.29 is 9.15 Å². The molecule has 0 bridgehead atoms. The molecule has 2 rings (SSSR count). The van der Waals surface area contributed by atoms with Crippen LogP contribution in [0.3, 0.4) is 0 Å². The minimum atomic E-state index is -0.684. The van der Waals surface area contributed by atoms with Gasteiger partial charge in [0.15, 0.2) is 0 Å². The highest BCUT2D eigenvalue weighted by Crippen LogP contribution is 2.35. The summed E-state index contributed by atoms with van der Waals surface area (Å²) in [6, 6.07) is 9.64. The Balaban J connectivity index is 2.72. The minimum Gasteiger partial charge on any atom is -0.758 e. The molecule has 0 unspecified atom stereocenters. The predicted octanol–water partition coefficient (Wildman–Crippen LogP) is 6.11. The summed E-state index contributed by atoms with van der Waals surface area (Å²) >= 11 is 0. The first kappa shape index (κ1) is 20.0. The quantitative estimate of drug-likeness (QED) is 0.491. The molecule has 0 spiro atoms. The zero-order valence-electron chi connectivity index (χ0n) is 16.6. The van der Waals surface area contributed by atoms with Gasteiger partial charge in [0.1, 0.15) is 5.82 Å². The number of hydroxylamine groups is 1. The summed E-state index contributed by atoms with van der Waals surface area (Å²) in [5, 5.41) is 13.6. The van der Waals surface area contributed by atoms with Crippen molar-refractivity contribution in [1.29, 1.82) is 0 Å². The van der Waals surface area contributed by atoms with Gasteiger partial charge < -0.3 is 10.3 Å². The highest BCUT2D eigenvalue weighted by atomic mass is 19.1. The van der Waals surface area contributed by atoms with Crippen molar-refractivity contribution in [3.63, 3.8) is 0 Å². The first-order valence-electron chi connectivity index (χ1n) is 8.67. The van der Waals surface area contributed by atoms with E-state index in [9.17, 15) is 14.5 Å². The molecule has 0 fully saturated rings. The molecule has 0 aromatic heterocycles. The monoisotopic (exact) mass is 358 g/mol. The number of aryl methyl sites for hydroxylation is 1. The number of hydrogen-bond donors (Lipinski definition) is 0. The van der Waals surface area contributed by atoms with Crippen LogP contribution in [0.4, 0.5) is 15.8 Å². The van der Waals surface area contributed by atoms with Crippen LogP contribution in [0.1, 0.15) is 47.1 Å². The largest absolute Gasteiger partial charge is 0.758 e. The molecule has 0 radical (unpaired) electrons. The van der Waals surface area contributed by atoms with E-state index in [-0.39, 0.29) is 5.82 Å². The van der Waals surface area contributed by atoms with Gasteiger partial charge in [0.25, 0.3) is 5.69 Å². The molecule has 0 saturated heterocycles. The van der Waals surface area contributed by atoms with Gasteiger partial charge in [-0.2, -0.15) is 0 Å². The zero-order chi connectivity index (χ0) is 19.9. The molecule has 26 heavy (non-hydrogen) atoms. The Kier molecular flexibility index (Phi) is 5.24. The average molecular weight is 358 g/mol. The summed E-state index contributed by atoms with van der Waals surface area (Å²) in [6.07, 6.45) is 0. The Bertz CT molecular complexity index is 833. The topological polar surface area (TPSA) is 46.4 Å². The average Bonchev–Trinajstić information content (AvgIpc) is 2.53. The van der Waals surface area contributed by atoms with Gasteiger partial charge in [0, 0.05) is 59.4 Å². The van der Waals surface area contributed by atoms with Crippen molar-refractivity contribution >= 4 is 11.4 Å². The maximum absolute atomic E-state index is 14.4. The Labute approximate surface area is 154 Å². The number of nitrogens with zero attached hydrogens (tertiary/aromatic N) is 2. The van der Waals surface area contributed by atoms with E-state index in [0.717, 1.165) is 15.4 Å². The lowest BCUT2D eigenvalue weighted by atomic mass is 9.99. The van der Waals surface area contributed by atoms with Crippen LogP contribution in [0.15, 0.2) is 36.4 Å². The van der Waals surface area contributed by atoms with Crippen LogP contribution in [-0.2, 0) is 0 Å². The van der Waals surface area contributed by atoms with Crippen molar-refractivity contribution in [2.75, 3.05) is 5.06 Å². The lowest BCUT2D eigenvalue weighted by Gasteiger charge is -2.43. The summed E-state index contributed by atoms with van der Waals surface area (Å²) in [7, 11) is 0. The van der Waals surface area contributed by atoms with Crippen molar-refractivity contribution in [3.8, 4) is 11.1 Å². The van der Waals surface area contributed by atoms with E-state index in [1.165, 1.54) is 6.07 Å². The fourth-order valence-electron chi connectivity index (χ4n) is 2.62. The second kappa shape index (κ2) is 6.80. The summed E-state index contributed by atoms with van der Waals surface area (Å²) in [5.41, 5.74) is 1.07. The fraction of sp³-hybridized carbons (Fsp3) is 0.429. The Morgan fingerprint density at radius 2 is 1.62 bits per heavy atom. The van der Waals surface area contributed by atoms with Crippen LogP contribution in [-0.4, -0.2) is 15.8 Å². The van der Waals surface area contributed by atoms with Gasteiger partial charge in [0.05, 0.1) is 0 Å². The molecular formula is C21H27FN2O2. The van der Waals surface area contributed by atoms with Crippen LogP contribution in [0.5, 0.6) is 0 Å². The highest BCUT2D eigenvalue weighted by molar-refractivity contribution is 5.73.